The third-order valence-electron chi connectivity index (χ3n) is 9.27. The largest absolute Gasteiger partial charge is 0.139 e. The van der Waals surface area contributed by atoms with Gasteiger partial charge in [-0.15, -0.1) is 68.0 Å². The van der Waals surface area contributed by atoms with Crippen molar-refractivity contribution in [3.8, 4) is 48.8 Å². The van der Waals surface area contributed by atoms with E-state index >= 15 is 0 Å². The van der Waals surface area contributed by atoms with Gasteiger partial charge in [-0.2, -0.15) is 0 Å². The highest BCUT2D eigenvalue weighted by Crippen LogP contribution is 2.48. The summed E-state index contributed by atoms with van der Waals surface area (Å²) in [6.07, 6.45) is 19.4. The molecule has 0 aliphatic heterocycles. The van der Waals surface area contributed by atoms with E-state index in [1.54, 1.807) is 11.1 Å². The van der Waals surface area contributed by atoms with Crippen LogP contribution in [0.15, 0.2) is 60.7 Å². The van der Waals surface area contributed by atoms with Gasteiger partial charge in [0.25, 0.3) is 0 Å². The van der Waals surface area contributed by atoms with Gasteiger partial charge in [-0.25, -0.2) is 0 Å². The Kier molecular flexibility index (Phi) is 14.0. The molecule has 260 valence electrons. The quantitative estimate of drug-likeness (QED) is 0.0680. The van der Waals surface area contributed by atoms with Crippen molar-refractivity contribution in [2.45, 2.75) is 124 Å². The van der Waals surface area contributed by atoms with Crippen LogP contribution in [0.25, 0.3) is 48.8 Å². The van der Waals surface area contributed by atoms with Crippen molar-refractivity contribution in [2.75, 3.05) is 0 Å². The minimum Gasteiger partial charge on any atom is -0.139 e. The van der Waals surface area contributed by atoms with Crippen molar-refractivity contribution in [2.24, 2.45) is 0 Å². The van der Waals surface area contributed by atoms with Gasteiger partial charge in [0.2, 0.25) is 0 Å². The Hall–Kier alpha value is -1.80. The lowest BCUT2D eigenvalue weighted by molar-refractivity contribution is 0.668. The van der Waals surface area contributed by atoms with E-state index in [9.17, 15) is 0 Å². The lowest BCUT2D eigenvalue weighted by Gasteiger charge is -2.02. The van der Waals surface area contributed by atoms with Crippen molar-refractivity contribution in [1.82, 2.24) is 0 Å². The van der Waals surface area contributed by atoms with Gasteiger partial charge in [-0.1, -0.05) is 78.6 Å². The molecule has 6 heteroatoms. The van der Waals surface area contributed by atoms with E-state index in [0.29, 0.717) is 0 Å². The molecule has 0 unspecified atom stereocenters. The van der Waals surface area contributed by atoms with Gasteiger partial charge in [0, 0.05) is 58.5 Å². The van der Waals surface area contributed by atoms with Crippen LogP contribution in [-0.4, -0.2) is 0 Å². The minimum atomic E-state index is 1.17. The highest BCUT2D eigenvalue weighted by Gasteiger charge is 2.18. The number of hydrogen-bond donors (Lipinski definition) is 0. The molecule has 0 spiro atoms. The van der Waals surface area contributed by atoms with Crippen LogP contribution in [0.1, 0.15) is 119 Å². The second-order valence-electron chi connectivity index (χ2n) is 13.4. The fraction of sp³-hybridized carbons (Fsp3) is 0.442. The van der Waals surface area contributed by atoms with Gasteiger partial charge < -0.3 is 0 Å². The van der Waals surface area contributed by atoms with E-state index in [1.165, 1.54) is 155 Å². The first-order chi connectivity index (χ1) is 24.1. The Morgan fingerprint density at radius 2 is 0.796 bits per heavy atom. The van der Waals surface area contributed by atoms with E-state index in [4.69, 9.17) is 0 Å². The topological polar surface area (TPSA) is 0 Å². The van der Waals surface area contributed by atoms with E-state index < -0.39 is 0 Å². The summed E-state index contributed by atoms with van der Waals surface area (Å²) >= 11 is 11.9. The van der Waals surface area contributed by atoms with Gasteiger partial charge in [-0.3, -0.25) is 0 Å². The van der Waals surface area contributed by atoms with Crippen LogP contribution in [0.3, 0.4) is 0 Å². The molecule has 6 rings (SSSR count). The van der Waals surface area contributed by atoms with Crippen molar-refractivity contribution in [3.63, 3.8) is 0 Å². The number of rotatable bonds is 20. The molecule has 0 aromatic carbocycles. The summed E-state index contributed by atoms with van der Waals surface area (Å²) in [4.78, 5) is 17.3. The molecule has 0 saturated carbocycles. The SMILES string of the molecule is CCCCCCc1ccc(-c2ccc(-c3cc(CCCCCC)c(-c4ccc(-c5ccc(-c6sc(C)cc6CCCCCC)s5)s4)s3)s2)s1. The maximum atomic E-state index is 2.53. The number of hydrogen-bond acceptors (Lipinski definition) is 6. The summed E-state index contributed by atoms with van der Waals surface area (Å²) < 4.78 is 0. The van der Waals surface area contributed by atoms with Gasteiger partial charge in [0.1, 0.15) is 0 Å². The molecule has 0 saturated heterocycles. The monoisotopic (exact) mass is 760 g/mol. The summed E-state index contributed by atoms with van der Waals surface area (Å²) in [6.45, 7) is 9.16. The zero-order valence-corrected chi connectivity index (χ0v) is 34.7. The summed E-state index contributed by atoms with van der Waals surface area (Å²) in [6, 6.07) is 23.9. The standard InChI is InChI=1S/C43H52S6/c1-5-8-11-14-17-31-28-30(4)44-42(31)39-26-24-36(47-39)37-25-27-40(48-37)43-32(18-15-12-9-6-2)29-41(49-43)38-23-22-35(46-38)34-21-20-33(45-34)19-16-13-10-7-3/h20-29H,5-19H2,1-4H3. The molecule has 0 aliphatic carbocycles. The molecule has 0 N–H and O–H groups in total. The molecule has 6 aromatic heterocycles. The zero-order chi connectivity index (χ0) is 34.0. The molecule has 0 atom stereocenters. The van der Waals surface area contributed by atoms with Crippen LogP contribution in [-0.2, 0) is 19.3 Å². The van der Waals surface area contributed by atoms with E-state index in [-0.39, 0.29) is 0 Å². The Balaban J connectivity index is 1.21. The lowest BCUT2D eigenvalue weighted by Crippen LogP contribution is -1.85. The number of thiophene rings is 6. The number of unbranched alkanes of at least 4 members (excludes halogenated alkanes) is 9. The molecule has 0 nitrogen and oxygen atoms in total. The Labute approximate surface area is 319 Å². The predicted octanol–water partition coefficient (Wildman–Crippen LogP) is 17.1. The van der Waals surface area contributed by atoms with Crippen LogP contribution in [0.5, 0.6) is 0 Å². The first-order valence-electron chi connectivity index (χ1n) is 18.7. The highest BCUT2D eigenvalue weighted by molar-refractivity contribution is 7.30. The molecular formula is C43H52S6. The van der Waals surface area contributed by atoms with Crippen molar-refractivity contribution in [3.05, 3.63) is 81.5 Å². The normalized spacial score (nSPS) is 11.7. The molecule has 49 heavy (non-hydrogen) atoms. The van der Waals surface area contributed by atoms with Gasteiger partial charge in [-0.05, 0) is 117 Å². The van der Waals surface area contributed by atoms with Gasteiger partial charge in [0.15, 0.2) is 0 Å². The first kappa shape index (κ1) is 37.0. The van der Waals surface area contributed by atoms with E-state index in [0.717, 1.165) is 0 Å². The highest BCUT2D eigenvalue weighted by atomic mass is 32.1. The molecule has 0 fully saturated rings. The van der Waals surface area contributed by atoms with Crippen molar-refractivity contribution in [1.29, 1.82) is 0 Å². The maximum Gasteiger partial charge on any atom is 0.0481 e. The van der Waals surface area contributed by atoms with Gasteiger partial charge >= 0.3 is 0 Å². The van der Waals surface area contributed by atoms with Crippen LogP contribution in [0.4, 0.5) is 0 Å². The third kappa shape index (κ3) is 9.75. The molecule has 6 aromatic rings. The summed E-state index contributed by atoms with van der Waals surface area (Å²) in [5.41, 5.74) is 3.09. The smallest absolute Gasteiger partial charge is 0.0481 e. The number of aryl methyl sites for hydroxylation is 4. The van der Waals surface area contributed by atoms with Crippen LogP contribution in [0, 0.1) is 6.92 Å². The van der Waals surface area contributed by atoms with E-state index in [2.05, 4.69) is 88.4 Å². The Morgan fingerprint density at radius 3 is 1.37 bits per heavy atom. The van der Waals surface area contributed by atoms with Crippen molar-refractivity contribution < 1.29 is 0 Å². The average Bonchev–Trinajstić information content (AvgIpc) is 3.95. The molecular weight excluding hydrogens is 709 g/mol. The lowest BCUT2D eigenvalue weighted by atomic mass is 10.1. The summed E-state index contributed by atoms with van der Waals surface area (Å²) in [5, 5.41) is 0. The molecule has 0 radical (unpaired) electrons. The van der Waals surface area contributed by atoms with Gasteiger partial charge in [0.05, 0.1) is 0 Å². The second kappa shape index (κ2) is 18.6. The fourth-order valence-corrected chi connectivity index (χ4v) is 13.4. The molecule has 0 bridgehead atoms. The minimum absolute atomic E-state index is 1.17. The second-order valence-corrected chi connectivity index (χ2v) is 20.1. The van der Waals surface area contributed by atoms with Crippen molar-refractivity contribution >= 4 is 68.0 Å². The molecule has 6 heterocycles. The Bertz CT molecular complexity index is 1860. The average molecular weight is 761 g/mol. The van der Waals surface area contributed by atoms with E-state index in [1.807, 2.05) is 68.0 Å². The third-order valence-corrected chi connectivity index (χ3v) is 16.9. The van der Waals surface area contributed by atoms with Crippen LogP contribution < -0.4 is 0 Å². The molecule has 0 aliphatic rings. The zero-order valence-electron chi connectivity index (χ0n) is 29.8. The summed E-state index contributed by atoms with van der Waals surface area (Å²) in [7, 11) is 0. The summed E-state index contributed by atoms with van der Waals surface area (Å²) in [5.74, 6) is 0. The predicted molar refractivity (Wildman–Crippen MR) is 229 cm³/mol. The Morgan fingerprint density at radius 1 is 0.367 bits per heavy atom. The molecule has 0 amide bonds. The first-order valence-corrected chi connectivity index (χ1v) is 23.6. The van der Waals surface area contributed by atoms with Crippen LogP contribution >= 0.6 is 68.0 Å². The van der Waals surface area contributed by atoms with Crippen LogP contribution in [0.2, 0.25) is 0 Å². The maximum absolute atomic E-state index is 2.53. The fourth-order valence-electron chi connectivity index (χ4n) is 6.55.